The molecule has 1 atom stereocenters. The normalized spacial score (nSPS) is 12.0. The Morgan fingerprint density at radius 3 is 2.79 bits per heavy atom. The highest BCUT2D eigenvalue weighted by Crippen LogP contribution is 2.18. The van der Waals surface area contributed by atoms with Gasteiger partial charge in [0.2, 0.25) is 0 Å². The first-order valence-electron chi connectivity index (χ1n) is 6.25. The fourth-order valence-corrected chi connectivity index (χ4v) is 1.73. The lowest BCUT2D eigenvalue weighted by Crippen LogP contribution is -2.32. The number of methoxy groups -OCH3 is 2. The second kappa shape index (κ2) is 7.76. The molecule has 19 heavy (non-hydrogen) atoms. The molecule has 0 fully saturated rings. The van der Waals surface area contributed by atoms with Gasteiger partial charge in [0, 0.05) is 25.3 Å². The summed E-state index contributed by atoms with van der Waals surface area (Å²) in [5.41, 5.74) is 7.37. The summed E-state index contributed by atoms with van der Waals surface area (Å²) in [5.74, 6) is 0.589. The van der Waals surface area contributed by atoms with Gasteiger partial charge in [0.25, 0.3) is 5.91 Å². The number of carbonyl (C=O) groups is 1. The summed E-state index contributed by atoms with van der Waals surface area (Å²) in [6.07, 6.45) is 0.683. The molecule has 5 heteroatoms. The summed E-state index contributed by atoms with van der Waals surface area (Å²) in [7, 11) is 3.20. The van der Waals surface area contributed by atoms with Gasteiger partial charge in [-0.2, -0.15) is 0 Å². The maximum Gasteiger partial charge on any atom is 0.251 e. The van der Waals surface area contributed by atoms with Gasteiger partial charge in [-0.25, -0.2) is 0 Å². The third-order valence-corrected chi connectivity index (χ3v) is 2.85. The average Bonchev–Trinajstić information content (AvgIpc) is 2.39. The van der Waals surface area contributed by atoms with E-state index in [2.05, 4.69) is 5.32 Å². The summed E-state index contributed by atoms with van der Waals surface area (Å²) < 4.78 is 10.1. The molecule has 1 unspecified atom stereocenters. The topological polar surface area (TPSA) is 73.6 Å². The van der Waals surface area contributed by atoms with Crippen molar-refractivity contribution in [1.82, 2.24) is 5.32 Å². The minimum atomic E-state index is -0.122. The molecule has 0 saturated carbocycles. The zero-order valence-electron chi connectivity index (χ0n) is 11.7. The first kappa shape index (κ1) is 15.5. The highest BCUT2D eigenvalue weighted by molar-refractivity contribution is 5.94. The number of hydrogen-bond acceptors (Lipinski definition) is 4. The van der Waals surface area contributed by atoms with Crippen LogP contribution in [0.25, 0.3) is 0 Å². The average molecular weight is 266 g/mol. The van der Waals surface area contributed by atoms with Crippen LogP contribution in [0.2, 0.25) is 0 Å². The van der Waals surface area contributed by atoms with Crippen LogP contribution in [0.3, 0.4) is 0 Å². The minimum Gasteiger partial charge on any atom is -0.496 e. The number of benzene rings is 1. The van der Waals surface area contributed by atoms with Crippen molar-refractivity contribution in [2.75, 3.05) is 27.4 Å². The molecule has 106 valence electrons. The maximum atomic E-state index is 11.9. The van der Waals surface area contributed by atoms with Crippen LogP contribution in [0.5, 0.6) is 5.75 Å². The molecule has 0 aliphatic heterocycles. The van der Waals surface area contributed by atoms with Crippen molar-refractivity contribution in [2.24, 2.45) is 5.73 Å². The molecule has 1 rings (SSSR count). The molecule has 1 aromatic rings. The number of carbonyl (C=O) groups excluding carboxylic acids is 1. The Morgan fingerprint density at radius 1 is 1.42 bits per heavy atom. The fraction of sp³-hybridized carbons (Fsp3) is 0.500. The molecule has 0 aliphatic carbocycles. The quantitative estimate of drug-likeness (QED) is 0.775. The molecular formula is C14H22N2O3. The van der Waals surface area contributed by atoms with Crippen molar-refractivity contribution in [2.45, 2.75) is 19.4 Å². The van der Waals surface area contributed by atoms with E-state index in [-0.39, 0.29) is 11.9 Å². The van der Waals surface area contributed by atoms with Gasteiger partial charge < -0.3 is 20.5 Å². The number of nitrogens with one attached hydrogen (secondary N) is 1. The van der Waals surface area contributed by atoms with Crippen LogP contribution in [0, 0.1) is 6.92 Å². The molecule has 0 aromatic heterocycles. The van der Waals surface area contributed by atoms with Gasteiger partial charge in [0.1, 0.15) is 5.75 Å². The third kappa shape index (κ3) is 4.89. The molecule has 0 bridgehead atoms. The number of rotatable bonds is 7. The van der Waals surface area contributed by atoms with Crippen molar-refractivity contribution < 1.29 is 14.3 Å². The van der Waals surface area contributed by atoms with Crippen LogP contribution in [0.15, 0.2) is 18.2 Å². The molecule has 5 nitrogen and oxygen atoms in total. The van der Waals surface area contributed by atoms with Crippen molar-refractivity contribution in [3.63, 3.8) is 0 Å². The van der Waals surface area contributed by atoms with Crippen molar-refractivity contribution in [1.29, 1.82) is 0 Å². The standard InChI is InChI=1S/C14H22N2O3/c1-10-4-5-11(8-13(10)19-3)14(17)16-7-6-12(15)9-18-2/h4-5,8,12H,6-7,9,15H2,1-3H3,(H,16,17). The largest absolute Gasteiger partial charge is 0.496 e. The molecule has 1 amide bonds. The summed E-state index contributed by atoms with van der Waals surface area (Å²) in [6.45, 7) is 2.96. The molecular weight excluding hydrogens is 244 g/mol. The Balaban J connectivity index is 2.49. The molecule has 0 saturated heterocycles. The predicted octanol–water partition coefficient (Wildman–Crippen LogP) is 1.10. The van der Waals surface area contributed by atoms with E-state index in [9.17, 15) is 4.79 Å². The van der Waals surface area contributed by atoms with Crippen LogP contribution < -0.4 is 15.8 Å². The smallest absolute Gasteiger partial charge is 0.251 e. The molecule has 0 radical (unpaired) electrons. The van der Waals surface area contributed by atoms with Gasteiger partial charge in [-0.1, -0.05) is 6.07 Å². The molecule has 0 spiro atoms. The Labute approximate surface area is 114 Å². The van der Waals surface area contributed by atoms with E-state index in [0.29, 0.717) is 30.9 Å². The number of aryl methyl sites for hydroxylation is 1. The number of amides is 1. The van der Waals surface area contributed by atoms with E-state index in [1.54, 1.807) is 26.4 Å². The Morgan fingerprint density at radius 2 is 2.16 bits per heavy atom. The summed E-state index contributed by atoms with van der Waals surface area (Å²) in [6, 6.07) is 5.32. The minimum absolute atomic E-state index is 0.0575. The van der Waals surface area contributed by atoms with E-state index >= 15 is 0 Å². The summed E-state index contributed by atoms with van der Waals surface area (Å²) in [5, 5.41) is 2.83. The number of ether oxygens (including phenoxy) is 2. The van der Waals surface area contributed by atoms with Crippen LogP contribution in [-0.2, 0) is 4.74 Å². The van der Waals surface area contributed by atoms with Gasteiger partial charge in [-0.3, -0.25) is 4.79 Å². The number of hydrogen-bond donors (Lipinski definition) is 2. The van der Waals surface area contributed by atoms with Crippen LogP contribution in [-0.4, -0.2) is 39.3 Å². The SMILES string of the molecule is COCC(N)CCNC(=O)c1ccc(C)c(OC)c1. The fourth-order valence-electron chi connectivity index (χ4n) is 1.73. The van der Waals surface area contributed by atoms with Gasteiger partial charge in [-0.15, -0.1) is 0 Å². The monoisotopic (exact) mass is 266 g/mol. The highest BCUT2D eigenvalue weighted by Gasteiger charge is 2.09. The van der Waals surface area contributed by atoms with Crippen LogP contribution in [0.4, 0.5) is 0 Å². The van der Waals surface area contributed by atoms with Gasteiger partial charge in [0.15, 0.2) is 0 Å². The van der Waals surface area contributed by atoms with Crippen molar-refractivity contribution in [3.05, 3.63) is 29.3 Å². The zero-order chi connectivity index (χ0) is 14.3. The van der Waals surface area contributed by atoms with Gasteiger partial charge in [0.05, 0.1) is 13.7 Å². The lowest BCUT2D eigenvalue weighted by molar-refractivity contribution is 0.0950. The molecule has 1 aromatic carbocycles. The first-order chi connectivity index (χ1) is 9.08. The van der Waals surface area contributed by atoms with Crippen molar-refractivity contribution >= 4 is 5.91 Å². The van der Waals surface area contributed by atoms with E-state index in [1.807, 2.05) is 13.0 Å². The van der Waals surface area contributed by atoms with Gasteiger partial charge >= 0.3 is 0 Å². The Hall–Kier alpha value is -1.59. The van der Waals surface area contributed by atoms with E-state index < -0.39 is 0 Å². The number of nitrogens with two attached hydrogens (primary N) is 1. The summed E-state index contributed by atoms with van der Waals surface area (Å²) in [4.78, 5) is 11.9. The second-order valence-corrected chi connectivity index (χ2v) is 4.44. The third-order valence-electron chi connectivity index (χ3n) is 2.85. The lowest BCUT2D eigenvalue weighted by atomic mass is 10.1. The van der Waals surface area contributed by atoms with Crippen LogP contribution >= 0.6 is 0 Å². The highest BCUT2D eigenvalue weighted by atomic mass is 16.5. The van der Waals surface area contributed by atoms with E-state index in [4.69, 9.17) is 15.2 Å². The van der Waals surface area contributed by atoms with Gasteiger partial charge in [-0.05, 0) is 31.0 Å². The summed E-state index contributed by atoms with van der Waals surface area (Å²) >= 11 is 0. The molecule has 0 aliphatic rings. The maximum absolute atomic E-state index is 11.9. The van der Waals surface area contributed by atoms with Crippen LogP contribution in [0.1, 0.15) is 22.3 Å². The van der Waals surface area contributed by atoms with E-state index in [0.717, 1.165) is 5.56 Å². The Kier molecular flexibility index (Phi) is 6.32. The predicted molar refractivity (Wildman–Crippen MR) is 74.5 cm³/mol. The second-order valence-electron chi connectivity index (χ2n) is 4.44. The first-order valence-corrected chi connectivity index (χ1v) is 6.25. The molecule has 3 N–H and O–H groups in total. The van der Waals surface area contributed by atoms with E-state index in [1.165, 1.54) is 0 Å². The lowest BCUT2D eigenvalue weighted by Gasteiger charge is -2.11. The zero-order valence-corrected chi connectivity index (χ0v) is 11.7. The Bertz CT molecular complexity index is 421. The van der Waals surface area contributed by atoms with Crippen molar-refractivity contribution in [3.8, 4) is 5.75 Å². The molecule has 0 heterocycles.